The van der Waals surface area contributed by atoms with Crippen molar-refractivity contribution in [3.8, 4) is 6.19 Å². The SMILES string of the molecule is CC(=O)N(CCn1cnc2cc(C(=NC#N)N3CC4(C)CC3CC(C)(C)C4)ccc21)C(=O)C1CCNCC1. The van der Waals surface area contributed by atoms with Gasteiger partial charge >= 0.3 is 0 Å². The Hall–Kier alpha value is -3.25. The minimum Gasteiger partial charge on any atom is -0.352 e. The molecular formula is C29H39N7O2. The molecule has 202 valence electrons. The maximum atomic E-state index is 13.0. The van der Waals surface area contributed by atoms with Crippen molar-refractivity contribution in [3.05, 3.63) is 30.1 Å². The molecule has 9 heteroatoms. The standard InChI is InChI=1S/C29H39N7O2/c1-20(37)35(27(38)21-7-9-31-10-8-21)12-11-34-19-33-24-13-22(5-6-25(24)34)26(32-18-30)36-17-29(4)15-23(36)14-28(2,3)16-29/h5-6,13,19,21,23,31H,7-12,14-17H2,1-4H3. The van der Waals surface area contributed by atoms with Crippen LogP contribution in [0.5, 0.6) is 0 Å². The molecule has 1 N–H and O–H groups in total. The molecule has 3 fully saturated rings. The van der Waals surface area contributed by atoms with Gasteiger partial charge in [0.1, 0.15) is 5.84 Å². The first-order chi connectivity index (χ1) is 18.1. The summed E-state index contributed by atoms with van der Waals surface area (Å²) in [5.41, 5.74) is 3.13. The first-order valence-electron chi connectivity index (χ1n) is 13.8. The third kappa shape index (κ3) is 5.19. The fourth-order valence-electron chi connectivity index (χ4n) is 7.35. The van der Waals surface area contributed by atoms with Crippen molar-refractivity contribution in [2.75, 3.05) is 26.2 Å². The van der Waals surface area contributed by atoms with E-state index in [-0.39, 0.29) is 28.6 Å². The Bertz CT molecular complexity index is 1300. The summed E-state index contributed by atoms with van der Waals surface area (Å²) in [4.78, 5) is 38.0. The van der Waals surface area contributed by atoms with Crippen LogP contribution in [-0.4, -0.2) is 69.2 Å². The molecule has 1 aliphatic carbocycles. The van der Waals surface area contributed by atoms with E-state index in [0.717, 1.165) is 67.8 Å². The predicted octanol–water partition coefficient (Wildman–Crippen LogP) is 3.54. The van der Waals surface area contributed by atoms with Crippen LogP contribution >= 0.6 is 0 Å². The number of imidazole rings is 1. The summed E-state index contributed by atoms with van der Waals surface area (Å²) >= 11 is 0. The van der Waals surface area contributed by atoms with Gasteiger partial charge in [-0.2, -0.15) is 10.3 Å². The number of fused-ring (bicyclic) bond motifs is 3. The number of carbonyl (C=O) groups is 2. The molecular weight excluding hydrogens is 478 g/mol. The summed E-state index contributed by atoms with van der Waals surface area (Å²) in [6.07, 6.45) is 8.72. The van der Waals surface area contributed by atoms with Crippen molar-refractivity contribution in [1.82, 2.24) is 24.7 Å². The maximum Gasteiger partial charge on any atom is 0.232 e. The molecule has 0 spiro atoms. The van der Waals surface area contributed by atoms with E-state index in [1.54, 1.807) is 6.33 Å². The number of carbonyl (C=O) groups excluding carboxylic acids is 2. The van der Waals surface area contributed by atoms with Crippen LogP contribution in [-0.2, 0) is 16.1 Å². The lowest BCUT2D eigenvalue weighted by Gasteiger charge is -2.39. The molecule has 3 heterocycles. The van der Waals surface area contributed by atoms with E-state index in [4.69, 9.17) is 0 Å². The number of nitriles is 1. The summed E-state index contributed by atoms with van der Waals surface area (Å²) < 4.78 is 1.98. The smallest absolute Gasteiger partial charge is 0.232 e. The molecule has 1 aromatic heterocycles. The van der Waals surface area contributed by atoms with Gasteiger partial charge in [0, 0.05) is 44.1 Å². The zero-order chi connectivity index (χ0) is 27.1. The van der Waals surface area contributed by atoms with Gasteiger partial charge in [-0.25, -0.2) is 4.98 Å². The van der Waals surface area contributed by atoms with Gasteiger partial charge in [-0.05, 0) is 74.2 Å². The number of amidine groups is 1. The van der Waals surface area contributed by atoms with Gasteiger partial charge in [-0.3, -0.25) is 14.5 Å². The normalized spacial score (nSPS) is 25.4. The Balaban J connectivity index is 1.34. The quantitative estimate of drug-likeness (QED) is 0.369. The van der Waals surface area contributed by atoms with Crippen LogP contribution in [0, 0.1) is 28.2 Å². The first kappa shape index (κ1) is 26.4. The third-order valence-electron chi connectivity index (χ3n) is 8.62. The fourth-order valence-corrected chi connectivity index (χ4v) is 7.35. The highest BCUT2D eigenvalue weighted by atomic mass is 16.2. The summed E-state index contributed by atoms with van der Waals surface area (Å²) in [5.74, 6) is 0.338. The lowest BCUT2D eigenvalue weighted by atomic mass is 9.65. The Morgan fingerprint density at radius 1 is 1.24 bits per heavy atom. The lowest BCUT2D eigenvalue weighted by molar-refractivity contribution is -0.147. The van der Waals surface area contributed by atoms with Crippen LogP contribution < -0.4 is 5.32 Å². The van der Waals surface area contributed by atoms with E-state index in [9.17, 15) is 14.9 Å². The van der Waals surface area contributed by atoms with E-state index < -0.39 is 0 Å². The van der Waals surface area contributed by atoms with Crippen molar-refractivity contribution in [1.29, 1.82) is 5.26 Å². The fraction of sp³-hybridized carbons (Fsp3) is 0.621. The number of hydrogen-bond acceptors (Lipinski definition) is 6. The molecule has 1 aromatic carbocycles. The third-order valence-corrected chi connectivity index (χ3v) is 8.62. The molecule has 2 aliphatic heterocycles. The number of nitrogens with one attached hydrogen (secondary N) is 1. The number of rotatable bonds is 5. The number of hydrogen-bond donors (Lipinski definition) is 1. The molecule has 9 nitrogen and oxygen atoms in total. The molecule has 2 aromatic rings. The zero-order valence-corrected chi connectivity index (χ0v) is 23.0. The predicted molar refractivity (Wildman–Crippen MR) is 146 cm³/mol. The number of aromatic nitrogens is 2. The van der Waals surface area contributed by atoms with Crippen molar-refractivity contribution in [2.24, 2.45) is 21.7 Å². The number of aliphatic imine (C=N–C) groups is 1. The number of benzene rings is 1. The minimum atomic E-state index is -0.217. The van der Waals surface area contributed by atoms with E-state index >= 15 is 0 Å². The Labute approximate surface area is 224 Å². The molecule has 38 heavy (non-hydrogen) atoms. The number of likely N-dealkylation sites (tertiary alicyclic amines) is 1. The second-order valence-corrected chi connectivity index (χ2v) is 12.6. The van der Waals surface area contributed by atoms with E-state index in [1.807, 2.05) is 29.0 Å². The van der Waals surface area contributed by atoms with Crippen LogP contribution in [0.15, 0.2) is 29.5 Å². The molecule has 2 saturated heterocycles. The number of piperidine rings is 1. The molecule has 3 aliphatic rings. The molecule has 1 saturated carbocycles. The second-order valence-electron chi connectivity index (χ2n) is 12.6. The van der Waals surface area contributed by atoms with Crippen LogP contribution in [0.25, 0.3) is 11.0 Å². The average molecular weight is 518 g/mol. The maximum absolute atomic E-state index is 13.0. The van der Waals surface area contributed by atoms with Crippen LogP contribution in [0.3, 0.4) is 0 Å². The summed E-state index contributed by atoms with van der Waals surface area (Å²) in [5, 5.41) is 12.8. The number of amides is 2. The zero-order valence-electron chi connectivity index (χ0n) is 23.0. The van der Waals surface area contributed by atoms with E-state index in [0.29, 0.717) is 19.1 Å². The van der Waals surface area contributed by atoms with Crippen LogP contribution in [0.1, 0.15) is 65.4 Å². The van der Waals surface area contributed by atoms with Gasteiger partial charge in [0.2, 0.25) is 18.0 Å². The molecule has 0 radical (unpaired) electrons. The van der Waals surface area contributed by atoms with Crippen LogP contribution in [0.2, 0.25) is 0 Å². The molecule has 2 unspecified atom stereocenters. The van der Waals surface area contributed by atoms with Crippen molar-refractivity contribution in [2.45, 2.75) is 72.4 Å². The summed E-state index contributed by atoms with van der Waals surface area (Å²) in [6.45, 7) is 11.8. The largest absolute Gasteiger partial charge is 0.352 e. The van der Waals surface area contributed by atoms with Crippen molar-refractivity contribution >= 4 is 28.7 Å². The number of nitrogens with zero attached hydrogens (tertiary/aromatic N) is 6. The summed E-state index contributed by atoms with van der Waals surface area (Å²) in [6, 6.07) is 6.39. The summed E-state index contributed by atoms with van der Waals surface area (Å²) in [7, 11) is 0. The van der Waals surface area contributed by atoms with Crippen molar-refractivity contribution in [3.63, 3.8) is 0 Å². The van der Waals surface area contributed by atoms with Crippen LogP contribution in [0.4, 0.5) is 0 Å². The Morgan fingerprint density at radius 2 is 2.00 bits per heavy atom. The molecule has 2 atom stereocenters. The second kappa shape index (κ2) is 10.1. The van der Waals surface area contributed by atoms with Crippen molar-refractivity contribution < 1.29 is 9.59 Å². The highest BCUT2D eigenvalue weighted by molar-refractivity contribution is 6.02. The Morgan fingerprint density at radius 3 is 2.71 bits per heavy atom. The van der Waals surface area contributed by atoms with E-state index in [1.165, 1.54) is 18.2 Å². The molecule has 2 amide bonds. The number of imide groups is 1. The van der Waals surface area contributed by atoms with Gasteiger partial charge in [-0.1, -0.05) is 20.8 Å². The lowest BCUT2D eigenvalue weighted by Crippen LogP contribution is -2.44. The average Bonchev–Trinajstić information content (AvgIpc) is 3.38. The highest BCUT2D eigenvalue weighted by Crippen LogP contribution is 2.52. The monoisotopic (exact) mass is 517 g/mol. The van der Waals surface area contributed by atoms with Gasteiger partial charge in [0.15, 0.2) is 0 Å². The van der Waals surface area contributed by atoms with Gasteiger partial charge in [0.05, 0.1) is 17.4 Å². The Kier molecular flexibility index (Phi) is 7.03. The van der Waals surface area contributed by atoms with Gasteiger partial charge in [-0.15, -0.1) is 0 Å². The topological polar surface area (TPSA) is 107 Å². The molecule has 2 bridgehead atoms. The van der Waals surface area contributed by atoms with E-state index in [2.05, 4.69) is 41.0 Å². The minimum absolute atomic E-state index is 0.0734. The first-order valence-corrected chi connectivity index (χ1v) is 13.8. The van der Waals surface area contributed by atoms with Gasteiger partial charge in [0.25, 0.3) is 0 Å². The molecule has 5 rings (SSSR count). The highest BCUT2D eigenvalue weighted by Gasteiger charge is 2.50. The van der Waals surface area contributed by atoms with Gasteiger partial charge < -0.3 is 14.8 Å².